The molecular weight excluding hydrogens is 141 g/mol. The van der Waals surface area contributed by atoms with Gasteiger partial charge in [-0.3, -0.25) is 4.90 Å². The third kappa shape index (κ3) is 1.72. The van der Waals surface area contributed by atoms with Crippen LogP contribution < -0.4 is 0 Å². The highest BCUT2D eigenvalue weighted by atomic mass is 19.1. The molecule has 0 amide bonds. The van der Waals surface area contributed by atoms with E-state index in [0.717, 1.165) is 6.54 Å². The zero-order valence-electron chi connectivity index (χ0n) is 7.05. The van der Waals surface area contributed by atoms with Gasteiger partial charge in [-0.25, -0.2) is 4.39 Å². The molecule has 0 aliphatic carbocycles. The number of hydrogen-bond donors (Lipinski definition) is 0. The van der Waals surface area contributed by atoms with E-state index in [1.54, 1.807) is 0 Å². The van der Waals surface area contributed by atoms with Gasteiger partial charge in [-0.1, -0.05) is 5.92 Å². The Hall–Kier alpha value is -0.550. The van der Waals surface area contributed by atoms with E-state index in [1.807, 2.05) is 0 Å². The minimum Gasteiger partial charge on any atom is -0.297 e. The maximum atomic E-state index is 13.0. The number of alkyl halides is 1. The van der Waals surface area contributed by atoms with Gasteiger partial charge < -0.3 is 0 Å². The zero-order chi connectivity index (χ0) is 8.43. The molecule has 1 rings (SSSR count). The topological polar surface area (TPSA) is 3.24 Å². The third-order valence-corrected chi connectivity index (χ3v) is 2.22. The number of likely N-dealkylation sites (tertiary alicyclic amines) is 1. The predicted molar refractivity (Wildman–Crippen MR) is 43.9 cm³/mol. The van der Waals surface area contributed by atoms with Crippen LogP contribution in [0, 0.1) is 18.3 Å². The first-order chi connectivity index (χ1) is 5.15. The molecule has 62 valence electrons. The first kappa shape index (κ1) is 8.55. The molecule has 1 fully saturated rings. The molecule has 1 aliphatic heterocycles. The Bertz CT molecular complexity index is 171. The van der Waals surface area contributed by atoms with Gasteiger partial charge >= 0.3 is 0 Å². The van der Waals surface area contributed by atoms with Crippen LogP contribution in [-0.2, 0) is 0 Å². The monoisotopic (exact) mass is 155 g/mol. The molecule has 1 aliphatic rings. The molecule has 0 aromatic carbocycles. The van der Waals surface area contributed by atoms with E-state index in [4.69, 9.17) is 6.42 Å². The number of rotatable bonds is 1. The van der Waals surface area contributed by atoms with Crippen molar-refractivity contribution in [2.45, 2.75) is 26.1 Å². The van der Waals surface area contributed by atoms with E-state index in [2.05, 4.69) is 24.7 Å². The van der Waals surface area contributed by atoms with E-state index in [-0.39, 0.29) is 5.92 Å². The van der Waals surface area contributed by atoms with Crippen molar-refractivity contribution in [3.63, 3.8) is 0 Å². The fraction of sp³-hybridized carbons (Fsp3) is 0.778. The molecule has 1 nitrogen and oxygen atoms in total. The minimum absolute atomic E-state index is 0.183. The molecular formula is C9H14FN. The average Bonchev–Trinajstić information content (AvgIpc) is 2.31. The predicted octanol–water partition coefficient (Wildman–Crippen LogP) is 1.30. The molecule has 0 bridgehead atoms. The van der Waals surface area contributed by atoms with Gasteiger partial charge in [0.2, 0.25) is 0 Å². The molecule has 0 radical (unpaired) electrons. The summed E-state index contributed by atoms with van der Waals surface area (Å²) in [7, 11) is 0. The van der Waals surface area contributed by atoms with Crippen molar-refractivity contribution in [3.8, 4) is 12.3 Å². The Morgan fingerprint density at radius 3 is 2.45 bits per heavy atom. The van der Waals surface area contributed by atoms with Gasteiger partial charge in [0.25, 0.3) is 0 Å². The highest BCUT2D eigenvalue weighted by Gasteiger charge is 2.32. The van der Waals surface area contributed by atoms with E-state index in [1.165, 1.54) is 0 Å². The Morgan fingerprint density at radius 1 is 1.55 bits per heavy atom. The van der Waals surface area contributed by atoms with Crippen LogP contribution in [-0.4, -0.2) is 30.2 Å². The number of nitrogens with zero attached hydrogens (tertiary/aromatic N) is 1. The summed E-state index contributed by atoms with van der Waals surface area (Å²) in [6.45, 7) is 5.35. The summed E-state index contributed by atoms with van der Waals surface area (Å²) in [6.07, 6.45) is 4.35. The molecule has 0 spiro atoms. The van der Waals surface area contributed by atoms with E-state index in [0.29, 0.717) is 12.6 Å². The summed E-state index contributed by atoms with van der Waals surface area (Å²) in [5.74, 6) is 2.30. The summed E-state index contributed by atoms with van der Waals surface area (Å²) in [6, 6.07) is 0.409. The second-order valence-corrected chi connectivity index (χ2v) is 3.34. The standard InChI is InChI=1S/C9H14FN/c1-4-8-5-11(7(2)3)6-9(8)10/h1,7-9H,5-6H2,2-3H3/t8-,9+/m0/s1. The Labute approximate surface area is 67.6 Å². The van der Waals surface area contributed by atoms with Gasteiger partial charge in [-0.15, -0.1) is 6.42 Å². The van der Waals surface area contributed by atoms with Crippen molar-refractivity contribution in [1.29, 1.82) is 0 Å². The lowest BCUT2D eigenvalue weighted by molar-refractivity contribution is 0.245. The van der Waals surface area contributed by atoms with E-state index >= 15 is 0 Å². The summed E-state index contributed by atoms with van der Waals surface area (Å²) in [5.41, 5.74) is 0. The quantitative estimate of drug-likeness (QED) is 0.516. The molecule has 0 aromatic rings. The molecule has 0 N–H and O–H groups in total. The maximum Gasteiger partial charge on any atom is 0.128 e. The van der Waals surface area contributed by atoms with Gasteiger partial charge in [0.15, 0.2) is 0 Å². The lowest BCUT2D eigenvalue weighted by Gasteiger charge is -2.18. The highest BCUT2D eigenvalue weighted by molar-refractivity contribution is 5.03. The van der Waals surface area contributed by atoms with Gasteiger partial charge in [-0.2, -0.15) is 0 Å². The van der Waals surface area contributed by atoms with Crippen molar-refractivity contribution in [1.82, 2.24) is 4.90 Å². The van der Waals surface area contributed by atoms with E-state index in [9.17, 15) is 4.39 Å². The van der Waals surface area contributed by atoms with Gasteiger partial charge in [-0.05, 0) is 13.8 Å². The van der Waals surface area contributed by atoms with Crippen molar-refractivity contribution in [2.24, 2.45) is 5.92 Å². The normalized spacial score (nSPS) is 32.6. The third-order valence-electron chi connectivity index (χ3n) is 2.22. The SMILES string of the molecule is C#C[C@H]1CN(C(C)C)C[C@H]1F. The minimum atomic E-state index is -0.817. The second kappa shape index (κ2) is 3.23. The van der Waals surface area contributed by atoms with Crippen LogP contribution >= 0.6 is 0 Å². The van der Waals surface area contributed by atoms with Crippen LogP contribution in [0.3, 0.4) is 0 Å². The number of terminal acetylenes is 1. The largest absolute Gasteiger partial charge is 0.297 e. The lowest BCUT2D eigenvalue weighted by Crippen LogP contribution is -2.28. The van der Waals surface area contributed by atoms with Crippen LogP contribution in [0.5, 0.6) is 0 Å². The van der Waals surface area contributed by atoms with Crippen LogP contribution in [0.25, 0.3) is 0 Å². The Balaban J connectivity index is 2.51. The lowest BCUT2D eigenvalue weighted by atomic mass is 10.1. The van der Waals surface area contributed by atoms with Crippen LogP contribution in [0.1, 0.15) is 13.8 Å². The van der Waals surface area contributed by atoms with Crippen LogP contribution in [0.2, 0.25) is 0 Å². The Morgan fingerprint density at radius 2 is 2.18 bits per heavy atom. The van der Waals surface area contributed by atoms with Crippen molar-refractivity contribution in [3.05, 3.63) is 0 Å². The summed E-state index contributed by atoms with van der Waals surface area (Å²) < 4.78 is 13.0. The molecule has 0 saturated carbocycles. The summed E-state index contributed by atoms with van der Waals surface area (Å²) >= 11 is 0. The molecule has 2 heteroatoms. The molecule has 2 atom stereocenters. The molecule has 0 unspecified atom stereocenters. The molecule has 0 aromatic heterocycles. The first-order valence-corrected chi connectivity index (χ1v) is 3.99. The van der Waals surface area contributed by atoms with Gasteiger partial charge in [0.1, 0.15) is 6.17 Å². The summed E-state index contributed by atoms with van der Waals surface area (Å²) in [4.78, 5) is 2.08. The fourth-order valence-corrected chi connectivity index (χ4v) is 1.37. The average molecular weight is 155 g/mol. The maximum absolute atomic E-state index is 13.0. The van der Waals surface area contributed by atoms with Crippen LogP contribution in [0.15, 0.2) is 0 Å². The zero-order valence-corrected chi connectivity index (χ0v) is 7.05. The number of halogens is 1. The van der Waals surface area contributed by atoms with E-state index < -0.39 is 6.17 Å². The Kier molecular flexibility index (Phi) is 2.51. The summed E-state index contributed by atoms with van der Waals surface area (Å²) in [5, 5.41) is 0. The molecule has 1 saturated heterocycles. The van der Waals surface area contributed by atoms with Crippen LogP contribution in [0.4, 0.5) is 4.39 Å². The highest BCUT2D eigenvalue weighted by Crippen LogP contribution is 2.20. The van der Waals surface area contributed by atoms with Gasteiger partial charge in [0.05, 0.1) is 5.92 Å². The van der Waals surface area contributed by atoms with Crippen molar-refractivity contribution in [2.75, 3.05) is 13.1 Å². The fourth-order valence-electron chi connectivity index (χ4n) is 1.37. The second-order valence-electron chi connectivity index (χ2n) is 3.34. The van der Waals surface area contributed by atoms with Crippen molar-refractivity contribution < 1.29 is 4.39 Å². The van der Waals surface area contributed by atoms with Gasteiger partial charge in [0, 0.05) is 19.1 Å². The van der Waals surface area contributed by atoms with Crippen molar-refractivity contribution >= 4 is 0 Å². The smallest absolute Gasteiger partial charge is 0.128 e. The number of hydrogen-bond acceptors (Lipinski definition) is 1. The first-order valence-electron chi connectivity index (χ1n) is 3.99. The molecule has 1 heterocycles. The molecule has 11 heavy (non-hydrogen) atoms.